The van der Waals surface area contributed by atoms with Crippen LogP contribution >= 0.6 is 0 Å². The predicted molar refractivity (Wildman–Crippen MR) is 149 cm³/mol. The van der Waals surface area contributed by atoms with Gasteiger partial charge in [-0.2, -0.15) is 26.3 Å². The molecule has 0 bridgehead atoms. The fraction of sp³-hybridized carbons (Fsp3) is 0.452. The van der Waals surface area contributed by atoms with E-state index in [0.29, 0.717) is 41.7 Å². The number of benzene rings is 2. The Morgan fingerprint density at radius 1 is 0.955 bits per heavy atom. The summed E-state index contributed by atoms with van der Waals surface area (Å²) >= 11 is 0. The van der Waals surface area contributed by atoms with Gasteiger partial charge in [-0.15, -0.1) is 0 Å². The highest BCUT2D eigenvalue weighted by Gasteiger charge is 2.42. The molecule has 13 heteroatoms. The summed E-state index contributed by atoms with van der Waals surface area (Å²) in [4.78, 5) is 31.8. The molecule has 2 aliphatic rings. The highest BCUT2D eigenvalue weighted by Crippen LogP contribution is 2.41. The van der Waals surface area contributed by atoms with Gasteiger partial charge in [0, 0.05) is 19.3 Å². The minimum Gasteiger partial charge on any atom is -0.468 e. The first-order chi connectivity index (χ1) is 20.3. The van der Waals surface area contributed by atoms with E-state index in [2.05, 4.69) is 10.3 Å². The maximum absolute atomic E-state index is 14.0. The molecule has 238 valence electrons. The molecule has 3 atom stereocenters. The van der Waals surface area contributed by atoms with Crippen LogP contribution in [0.5, 0.6) is 0 Å². The molecule has 1 saturated heterocycles. The second kappa shape index (κ2) is 12.0. The van der Waals surface area contributed by atoms with Gasteiger partial charge in [0.1, 0.15) is 11.9 Å². The average Bonchev–Trinajstić information content (AvgIpc) is 3.45. The van der Waals surface area contributed by atoms with Crippen LogP contribution in [0.3, 0.4) is 0 Å². The van der Waals surface area contributed by atoms with Crippen LogP contribution in [0.4, 0.5) is 30.7 Å². The number of halogens is 7. The summed E-state index contributed by atoms with van der Waals surface area (Å²) in [7, 11) is 2.65. The van der Waals surface area contributed by atoms with Crippen LogP contribution in [0.25, 0.3) is 5.57 Å². The van der Waals surface area contributed by atoms with Gasteiger partial charge in [-0.1, -0.05) is 6.07 Å². The van der Waals surface area contributed by atoms with Crippen molar-refractivity contribution in [3.8, 4) is 0 Å². The number of rotatable bonds is 6. The lowest BCUT2D eigenvalue weighted by Gasteiger charge is -2.35. The fourth-order valence-corrected chi connectivity index (χ4v) is 5.73. The molecular weight excluding hydrogens is 595 g/mol. The number of aliphatic imine (C=N–C) groups is 1. The van der Waals surface area contributed by atoms with Crippen LogP contribution in [0.2, 0.25) is 0 Å². The smallest absolute Gasteiger partial charge is 0.416 e. The molecule has 2 aliphatic heterocycles. The Morgan fingerprint density at radius 2 is 1.55 bits per heavy atom. The van der Waals surface area contributed by atoms with E-state index in [-0.39, 0.29) is 30.3 Å². The molecule has 1 fully saturated rings. The number of nitrogens with one attached hydrogen (secondary N) is 1. The third-order valence-corrected chi connectivity index (χ3v) is 8.27. The second-order valence-corrected chi connectivity index (χ2v) is 11.6. The van der Waals surface area contributed by atoms with Crippen molar-refractivity contribution in [3.05, 3.63) is 75.7 Å². The summed E-state index contributed by atoms with van der Waals surface area (Å²) in [6.45, 7) is 4.18. The lowest BCUT2D eigenvalue weighted by atomic mass is 9.81. The molecule has 0 aliphatic carbocycles. The first kappa shape index (κ1) is 33.2. The number of amides is 1. The highest BCUT2D eigenvalue weighted by molar-refractivity contribution is 6.00. The van der Waals surface area contributed by atoms with E-state index < -0.39 is 58.2 Å². The van der Waals surface area contributed by atoms with Gasteiger partial charge >= 0.3 is 18.3 Å². The standard InChI is InChI=1S/C31H32F7N3O3/c1-16-10-20(32)6-7-21(16)22-14-25(23-8-9-24(40-23)27(42)44-5)39-15-26(22)41(4)28(43)29(2,3)17-11-18(30(33,34)35)13-19(12-17)31(36,37)38/h6-7,10-13,15,23-25,40H,8-9,14H2,1-5H3/t23-,24-,25?/m1/s1. The van der Waals surface area contributed by atoms with Gasteiger partial charge in [-0.25, -0.2) is 4.39 Å². The number of carbonyl (C=O) groups excluding carboxylic acids is 2. The number of methoxy groups -OCH3 is 1. The van der Waals surface area contributed by atoms with Crippen LogP contribution < -0.4 is 5.32 Å². The van der Waals surface area contributed by atoms with Crippen LogP contribution in [0.15, 0.2) is 47.1 Å². The minimum absolute atomic E-state index is 0.0153. The molecule has 0 spiro atoms. The molecule has 1 N–H and O–H groups in total. The number of nitrogens with zero attached hydrogens (tertiary/aromatic N) is 2. The van der Waals surface area contributed by atoms with Crippen molar-refractivity contribution in [2.75, 3.05) is 14.2 Å². The lowest BCUT2D eigenvalue weighted by Crippen LogP contribution is -2.44. The monoisotopic (exact) mass is 627 g/mol. The lowest BCUT2D eigenvalue weighted by molar-refractivity contribution is -0.144. The number of dihydropyridines is 1. The number of carbonyl (C=O) groups is 2. The zero-order chi connectivity index (χ0) is 32.8. The maximum atomic E-state index is 14.0. The van der Waals surface area contributed by atoms with E-state index in [4.69, 9.17) is 4.74 Å². The van der Waals surface area contributed by atoms with Crippen LogP contribution in [0, 0.1) is 12.7 Å². The summed E-state index contributed by atoms with van der Waals surface area (Å²) < 4.78 is 100. The van der Waals surface area contributed by atoms with Crippen molar-refractivity contribution in [2.45, 2.75) is 75.9 Å². The van der Waals surface area contributed by atoms with Gasteiger partial charge in [0.05, 0.1) is 35.4 Å². The molecular formula is C31H32F7N3O3. The van der Waals surface area contributed by atoms with Gasteiger partial charge in [-0.05, 0) is 92.6 Å². The molecule has 2 aromatic carbocycles. The second-order valence-electron chi connectivity index (χ2n) is 11.6. The molecule has 1 amide bonds. The Bertz CT molecular complexity index is 1480. The normalized spacial score (nSPS) is 21.0. The minimum atomic E-state index is -5.08. The number of allylic oxidation sites excluding steroid dienone is 1. The van der Waals surface area contributed by atoms with Crippen LogP contribution in [-0.4, -0.2) is 55.3 Å². The number of hydrogen-bond acceptors (Lipinski definition) is 5. The van der Waals surface area contributed by atoms with E-state index in [1.54, 1.807) is 13.0 Å². The Balaban J connectivity index is 1.75. The largest absolute Gasteiger partial charge is 0.468 e. The zero-order valence-corrected chi connectivity index (χ0v) is 24.7. The highest BCUT2D eigenvalue weighted by atomic mass is 19.4. The van der Waals surface area contributed by atoms with Crippen LogP contribution in [-0.2, 0) is 32.1 Å². The molecule has 0 radical (unpaired) electrons. The van der Waals surface area contributed by atoms with E-state index in [9.17, 15) is 40.3 Å². The van der Waals surface area contributed by atoms with Gasteiger partial charge in [0.2, 0.25) is 5.91 Å². The molecule has 2 heterocycles. The quantitative estimate of drug-likeness (QED) is 0.295. The summed E-state index contributed by atoms with van der Waals surface area (Å²) in [6, 6.07) is 4.10. The van der Waals surface area contributed by atoms with Gasteiger partial charge < -0.3 is 9.64 Å². The number of aryl methyl sites for hydroxylation is 1. The topological polar surface area (TPSA) is 71.0 Å². The Kier molecular flexibility index (Phi) is 9.03. The van der Waals surface area contributed by atoms with E-state index in [1.807, 2.05) is 0 Å². The van der Waals surface area contributed by atoms with Crippen molar-refractivity contribution in [3.63, 3.8) is 0 Å². The van der Waals surface area contributed by atoms with E-state index >= 15 is 0 Å². The fourth-order valence-electron chi connectivity index (χ4n) is 5.73. The van der Waals surface area contributed by atoms with E-state index in [1.165, 1.54) is 46.4 Å². The molecule has 0 aromatic heterocycles. The molecule has 2 aromatic rings. The Morgan fingerprint density at radius 3 is 2.09 bits per heavy atom. The first-order valence-electron chi connectivity index (χ1n) is 13.8. The van der Waals surface area contributed by atoms with Crippen molar-refractivity contribution in [1.29, 1.82) is 0 Å². The molecule has 44 heavy (non-hydrogen) atoms. The summed E-state index contributed by atoms with van der Waals surface area (Å²) in [5.41, 5.74) is -3.36. The molecule has 6 nitrogen and oxygen atoms in total. The van der Waals surface area contributed by atoms with Crippen molar-refractivity contribution >= 4 is 23.7 Å². The SMILES string of the molecule is COC(=O)[C@H]1CC[C@H](C2CC(c3ccc(F)cc3C)=C(N(C)C(=O)C(C)(C)c3cc(C(F)(F)F)cc(C(F)(F)F)c3)C=N2)N1. The Labute approximate surface area is 250 Å². The number of esters is 1. The Hall–Kier alpha value is -3.74. The number of likely N-dealkylation sites (N-methyl/N-ethyl adjacent to an activating group) is 1. The number of alkyl halides is 6. The van der Waals surface area contributed by atoms with Gasteiger partial charge in [0.15, 0.2) is 0 Å². The van der Waals surface area contributed by atoms with Crippen molar-refractivity contribution < 1.29 is 45.1 Å². The van der Waals surface area contributed by atoms with Gasteiger partial charge in [0.25, 0.3) is 0 Å². The first-order valence-corrected chi connectivity index (χ1v) is 13.8. The summed E-state index contributed by atoms with van der Waals surface area (Å²) in [6.07, 6.45) is -7.35. The molecule has 4 rings (SSSR count). The number of ether oxygens (including phenoxy) is 1. The molecule has 0 saturated carbocycles. The third-order valence-electron chi connectivity index (χ3n) is 8.27. The third kappa shape index (κ3) is 6.67. The van der Waals surface area contributed by atoms with Crippen molar-refractivity contribution in [1.82, 2.24) is 10.2 Å². The van der Waals surface area contributed by atoms with E-state index in [0.717, 1.165) is 4.90 Å². The average molecular weight is 628 g/mol. The maximum Gasteiger partial charge on any atom is 0.416 e. The summed E-state index contributed by atoms with van der Waals surface area (Å²) in [5, 5.41) is 3.22. The summed E-state index contributed by atoms with van der Waals surface area (Å²) in [5.74, 6) is -1.68. The molecule has 1 unspecified atom stereocenters. The predicted octanol–water partition coefficient (Wildman–Crippen LogP) is 6.46. The number of hydrogen-bond donors (Lipinski definition) is 1. The van der Waals surface area contributed by atoms with Crippen molar-refractivity contribution in [2.24, 2.45) is 4.99 Å². The van der Waals surface area contributed by atoms with Gasteiger partial charge in [-0.3, -0.25) is 19.9 Å². The van der Waals surface area contributed by atoms with Crippen LogP contribution in [0.1, 0.15) is 60.9 Å². The zero-order valence-electron chi connectivity index (χ0n) is 24.7.